The van der Waals surface area contributed by atoms with Crippen molar-refractivity contribution in [1.29, 1.82) is 0 Å². The van der Waals surface area contributed by atoms with E-state index in [0.29, 0.717) is 5.92 Å². The van der Waals surface area contributed by atoms with Crippen molar-refractivity contribution in [3.8, 4) is 11.1 Å². The molecule has 8 rings (SSSR count). The van der Waals surface area contributed by atoms with Crippen molar-refractivity contribution in [2.75, 3.05) is 0 Å². The monoisotopic (exact) mass is 706 g/mol. The summed E-state index contributed by atoms with van der Waals surface area (Å²) in [5, 5.41) is 0. The van der Waals surface area contributed by atoms with Crippen LogP contribution in [0.15, 0.2) is 101 Å². The van der Waals surface area contributed by atoms with Crippen molar-refractivity contribution in [3.05, 3.63) is 145 Å². The molecule has 4 aliphatic rings. The molecule has 4 aromatic rings. The summed E-state index contributed by atoms with van der Waals surface area (Å²) in [6, 6.07) is 31.8. The van der Waals surface area contributed by atoms with Gasteiger partial charge in [0.05, 0.1) is 0 Å². The van der Waals surface area contributed by atoms with E-state index in [1.165, 1.54) is 97.6 Å². The van der Waals surface area contributed by atoms with E-state index in [1.807, 2.05) is 0 Å². The maximum absolute atomic E-state index is 2.63. The normalized spacial score (nSPS) is 17.0. The number of hydrogen-bond donors (Lipinski definition) is 0. The Balaban J connectivity index is 0.00000201. The Kier molecular flexibility index (Phi) is 11.5. The molecule has 0 bridgehead atoms. The summed E-state index contributed by atoms with van der Waals surface area (Å²) >= 11 is -2.27. The Morgan fingerprint density at radius 1 is 0.625 bits per heavy atom. The second-order valence-corrected chi connectivity index (χ2v) is 18.4. The Labute approximate surface area is 307 Å². The molecule has 4 aromatic carbocycles. The van der Waals surface area contributed by atoms with Crippen molar-refractivity contribution >= 4 is 7.68 Å². The van der Waals surface area contributed by atoms with Crippen LogP contribution in [0.4, 0.5) is 0 Å². The number of halogens is 2. The smallest absolute Gasteiger partial charge is 1.00 e. The van der Waals surface area contributed by atoms with Crippen LogP contribution in [-0.4, -0.2) is 3.81 Å². The second kappa shape index (κ2) is 15.6. The summed E-state index contributed by atoms with van der Waals surface area (Å²) in [6.45, 7) is 4.44. The average Bonchev–Trinajstić information content (AvgIpc) is 3.77. The number of aryl methyl sites for hydroxylation is 2. The van der Waals surface area contributed by atoms with E-state index in [0.717, 1.165) is 18.8 Å². The van der Waals surface area contributed by atoms with Crippen LogP contribution in [-0.2, 0) is 23.8 Å². The molecule has 0 nitrogen and oxygen atoms in total. The molecule has 0 radical (unpaired) electrons. The van der Waals surface area contributed by atoms with Crippen LogP contribution in [0.2, 0.25) is 0 Å². The SMILES string of the molecule is Cc1ccc([C](c2ccc(C)cc2)=[Ti+2]([C]2=CC=CC2)[c]2c(C3CCCCC3)ccc3c2Cc2cc(C4CCCCC4)ccc2-3)cc1.[Cl-].[Cl-]. The number of rotatable bonds is 6. The van der Waals surface area contributed by atoms with Crippen LogP contribution >= 0.6 is 0 Å². The Morgan fingerprint density at radius 2 is 1.21 bits per heavy atom. The first-order valence-corrected chi connectivity index (χ1v) is 20.5. The standard InChI is InChI=1S/C25H29.C15H14.C5H5.2ClH.Ti/c1-3-7-18(8-4-1)20-11-13-24-22(15-20)17-23-16-21(12-14-25(23)24)19-9-5-2-6-10-19;1-12-3-7-14(8-4-12)11-15-9-5-13(2)6-10-15;1-2-4-5-3-1;;;/h11-15,18-19H,1-10,17H2;3-10H,1-2H3;1-3H,4H2;2*1H;/q;;;;;+2/p-2. The quantitative estimate of drug-likeness (QED) is 0.210. The molecule has 4 aliphatic carbocycles. The second-order valence-electron chi connectivity index (χ2n) is 14.6. The molecule has 2 fully saturated rings. The maximum Gasteiger partial charge on any atom is -1.00 e. The van der Waals surface area contributed by atoms with E-state index in [4.69, 9.17) is 0 Å². The molecule has 0 saturated heterocycles. The fourth-order valence-corrected chi connectivity index (χ4v) is 14.5. The number of fused-ring (bicyclic) bond motifs is 3. The summed E-state index contributed by atoms with van der Waals surface area (Å²) in [5.74, 6) is 1.44. The predicted octanol–water partition coefficient (Wildman–Crippen LogP) is 5.33. The zero-order chi connectivity index (χ0) is 31.0. The van der Waals surface area contributed by atoms with Crippen LogP contribution in [0.25, 0.3) is 11.1 Å². The van der Waals surface area contributed by atoms with Gasteiger partial charge in [0, 0.05) is 0 Å². The van der Waals surface area contributed by atoms with Gasteiger partial charge in [-0.2, -0.15) is 0 Å². The summed E-state index contributed by atoms with van der Waals surface area (Å²) in [7, 11) is 0. The molecule has 246 valence electrons. The topological polar surface area (TPSA) is 0 Å². The molecule has 0 N–H and O–H groups in total. The van der Waals surface area contributed by atoms with Crippen molar-refractivity contribution in [2.24, 2.45) is 0 Å². The third-order valence-electron chi connectivity index (χ3n) is 11.5. The van der Waals surface area contributed by atoms with Gasteiger partial charge in [-0.25, -0.2) is 0 Å². The van der Waals surface area contributed by atoms with Crippen molar-refractivity contribution < 1.29 is 42.2 Å². The largest absolute Gasteiger partial charge is 1.00 e. The summed E-state index contributed by atoms with van der Waals surface area (Å²) < 4.78 is 5.14. The van der Waals surface area contributed by atoms with Crippen molar-refractivity contribution in [1.82, 2.24) is 0 Å². The van der Waals surface area contributed by atoms with E-state index in [2.05, 4.69) is 111 Å². The minimum absolute atomic E-state index is 0. The van der Waals surface area contributed by atoms with Crippen LogP contribution in [0.1, 0.15) is 127 Å². The Bertz CT molecular complexity index is 1800. The van der Waals surface area contributed by atoms with Gasteiger partial charge in [0.15, 0.2) is 0 Å². The van der Waals surface area contributed by atoms with Gasteiger partial charge in [0.2, 0.25) is 0 Å². The van der Waals surface area contributed by atoms with Gasteiger partial charge in [-0.1, -0.05) is 0 Å². The molecule has 0 aromatic heterocycles. The minimum Gasteiger partial charge on any atom is -1.00 e. The van der Waals surface area contributed by atoms with Gasteiger partial charge < -0.3 is 24.8 Å². The fraction of sp³-hybridized carbons (Fsp3) is 0.356. The third kappa shape index (κ3) is 6.94. The van der Waals surface area contributed by atoms with Gasteiger partial charge in [-0.15, -0.1) is 0 Å². The molecular formula is C45H48Cl2Ti. The number of hydrogen-bond acceptors (Lipinski definition) is 0. The van der Waals surface area contributed by atoms with E-state index in [1.54, 1.807) is 33.8 Å². The fourth-order valence-electron chi connectivity index (χ4n) is 9.03. The molecule has 0 atom stereocenters. The van der Waals surface area contributed by atoms with Gasteiger partial charge in [0.1, 0.15) is 0 Å². The van der Waals surface area contributed by atoms with E-state index in [-0.39, 0.29) is 24.8 Å². The molecule has 3 heteroatoms. The van der Waals surface area contributed by atoms with Gasteiger partial charge in [-0.05, 0) is 0 Å². The first-order valence-electron chi connectivity index (χ1n) is 18.2. The summed E-state index contributed by atoms with van der Waals surface area (Å²) in [4.78, 5) is 0. The summed E-state index contributed by atoms with van der Waals surface area (Å²) in [6.07, 6.45) is 23.3. The first kappa shape index (κ1) is 35.4. The maximum atomic E-state index is 2.63. The summed E-state index contributed by atoms with van der Waals surface area (Å²) in [5.41, 5.74) is 15.1. The number of allylic oxidation sites excluding steroid dienone is 4. The van der Waals surface area contributed by atoms with Gasteiger partial charge >= 0.3 is 284 Å². The van der Waals surface area contributed by atoms with Crippen LogP contribution < -0.4 is 28.7 Å². The molecule has 2 saturated carbocycles. The Hall–Kier alpha value is -2.48. The zero-order valence-electron chi connectivity index (χ0n) is 28.6. The molecule has 48 heavy (non-hydrogen) atoms. The average molecular weight is 708 g/mol. The van der Waals surface area contributed by atoms with Crippen molar-refractivity contribution in [2.45, 2.75) is 103 Å². The number of benzene rings is 4. The molecule has 0 aliphatic heterocycles. The van der Waals surface area contributed by atoms with Crippen molar-refractivity contribution in [3.63, 3.8) is 0 Å². The van der Waals surface area contributed by atoms with E-state index in [9.17, 15) is 0 Å². The van der Waals surface area contributed by atoms with Gasteiger partial charge in [-0.3, -0.25) is 0 Å². The van der Waals surface area contributed by atoms with Crippen LogP contribution in [0.5, 0.6) is 0 Å². The predicted molar refractivity (Wildman–Crippen MR) is 193 cm³/mol. The minimum atomic E-state index is -2.27. The Morgan fingerprint density at radius 3 is 1.79 bits per heavy atom. The van der Waals surface area contributed by atoms with Crippen LogP contribution in [0, 0.1) is 13.8 Å². The molecule has 0 heterocycles. The third-order valence-corrected chi connectivity index (χ3v) is 16.5. The van der Waals surface area contributed by atoms with E-state index >= 15 is 0 Å². The zero-order valence-corrected chi connectivity index (χ0v) is 31.7. The van der Waals surface area contributed by atoms with Gasteiger partial charge in [0.25, 0.3) is 0 Å². The molecule has 0 spiro atoms. The van der Waals surface area contributed by atoms with Crippen LogP contribution in [0.3, 0.4) is 0 Å². The first-order chi connectivity index (χ1) is 22.6. The molecule has 0 unspecified atom stereocenters. The molecule has 0 amide bonds. The molecular weight excluding hydrogens is 659 g/mol. The van der Waals surface area contributed by atoms with E-state index < -0.39 is 17.4 Å².